The van der Waals surface area contributed by atoms with Gasteiger partial charge in [0.05, 0.1) is 10.7 Å². The Balaban J connectivity index is 2.54. The first-order valence-electron chi connectivity index (χ1n) is 4.53. The van der Waals surface area contributed by atoms with Crippen molar-refractivity contribution in [2.45, 2.75) is 6.18 Å². The Morgan fingerprint density at radius 3 is 2.56 bits per heavy atom. The number of alkyl halides is 3. The van der Waals surface area contributed by atoms with Crippen LogP contribution in [-0.4, -0.2) is 19.7 Å². The van der Waals surface area contributed by atoms with E-state index in [1.54, 1.807) is 0 Å². The van der Waals surface area contributed by atoms with Crippen LogP contribution in [0.15, 0.2) is 22.9 Å². The third-order valence-corrected chi connectivity index (χ3v) is 2.33. The lowest BCUT2D eigenvalue weighted by molar-refractivity contribution is -0.141. The molecule has 3 N–H and O–H groups in total. The van der Waals surface area contributed by atoms with Gasteiger partial charge in [-0.25, -0.2) is 15.5 Å². The third-order valence-electron chi connectivity index (χ3n) is 1.92. The number of nitrogens with two attached hydrogens (primary N) is 1. The fraction of sp³-hybridized carbons (Fsp3) is 0.125. The number of hydrazine groups is 1. The van der Waals surface area contributed by atoms with Gasteiger partial charge in [0.15, 0.2) is 11.5 Å². The first-order chi connectivity index (χ1) is 8.40. The van der Waals surface area contributed by atoms with Gasteiger partial charge in [0.1, 0.15) is 0 Å². The minimum absolute atomic E-state index is 0.0454. The van der Waals surface area contributed by atoms with Crippen molar-refractivity contribution < 1.29 is 13.2 Å². The molecule has 2 aromatic rings. The van der Waals surface area contributed by atoms with E-state index in [2.05, 4.69) is 31.0 Å². The molecular formula is C8H6BrF3N6. The van der Waals surface area contributed by atoms with E-state index in [-0.39, 0.29) is 11.8 Å². The summed E-state index contributed by atoms with van der Waals surface area (Å²) in [7, 11) is 0. The average molecular weight is 323 g/mol. The molecule has 0 unspecified atom stereocenters. The van der Waals surface area contributed by atoms with Gasteiger partial charge in [-0.3, -0.25) is 5.43 Å². The van der Waals surface area contributed by atoms with Gasteiger partial charge in [0, 0.05) is 12.3 Å². The Bertz CT molecular complexity index is 566. The summed E-state index contributed by atoms with van der Waals surface area (Å²) in [5.74, 6) is 4.65. The van der Waals surface area contributed by atoms with Crippen molar-refractivity contribution >= 4 is 21.9 Å². The second-order valence-corrected chi connectivity index (χ2v) is 4.10. The quantitative estimate of drug-likeness (QED) is 0.650. The van der Waals surface area contributed by atoms with Gasteiger partial charge >= 0.3 is 6.18 Å². The van der Waals surface area contributed by atoms with E-state index in [0.29, 0.717) is 4.47 Å². The number of hydrogen-bond donors (Lipinski definition) is 2. The molecule has 0 aliphatic carbocycles. The lowest BCUT2D eigenvalue weighted by Crippen LogP contribution is -2.17. The Morgan fingerprint density at radius 2 is 2.06 bits per heavy atom. The predicted octanol–water partition coefficient (Wildman–Crippen LogP) is 1.73. The lowest BCUT2D eigenvalue weighted by atomic mass is 10.4. The average Bonchev–Trinajstić information content (AvgIpc) is 2.74. The zero-order valence-electron chi connectivity index (χ0n) is 8.61. The van der Waals surface area contributed by atoms with Crippen LogP contribution in [0.5, 0.6) is 0 Å². The van der Waals surface area contributed by atoms with E-state index in [9.17, 15) is 13.2 Å². The van der Waals surface area contributed by atoms with E-state index in [0.717, 1.165) is 6.07 Å². The molecule has 0 saturated heterocycles. The molecule has 6 nitrogen and oxygen atoms in total. The number of rotatable bonds is 2. The molecule has 18 heavy (non-hydrogen) atoms. The molecule has 96 valence electrons. The largest absolute Gasteiger partial charge is 0.433 e. The topological polar surface area (TPSA) is 81.6 Å². The number of anilines is 1. The summed E-state index contributed by atoms with van der Waals surface area (Å²) >= 11 is 3.13. The van der Waals surface area contributed by atoms with Crippen molar-refractivity contribution in [2.24, 2.45) is 5.84 Å². The fourth-order valence-corrected chi connectivity index (χ4v) is 1.47. The number of aromatic nitrogens is 4. The van der Waals surface area contributed by atoms with Crippen LogP contribution in [0.25, 0.3) is 5.82 Å². The molecule has 2 heterocycles. The lowest BCUT2D eigenvalue weighted by Gasteiger charge is -2.09. The van der Waals surface area contributed by atoms with Crippen LogP contribution in [0.2, 0.25) is 0 Å². The van der Waals surface area contributed by atoms with Gasteiger partial charge in [-0.2, -0.15) is 23.3 Å². The number of nitrogen functional groups attached to an aromatic ring is 1. The van der Waals surface area contributed by atoms with Crippen LogP contribution in [0, 0.1) is 0 Å². The highest BCUT2D eigenvalue weighted by Gasteiger charge is 2.34. The van der Waals surface area contributed by atoms with Gasteiger partial charge < -0.3 is 0 Å². The molecule has 0 saturated carbocycles. The molecule has 0 aliphatic heterocycles. The maximum absolute atomic E-state index is 12.6. The molecule has 0 fully saturated rings. The molecule has 10 heteroatoms. The van der Waals surface area contributed by atoms with Crippen molar-refractivity contribution in [3.8, 4) is 5.82 Å². The third kappa shape index (κ3) is 2.59. The van der Waals surface area contributed by atoms with E-state index < -0.39 is 11.9 Å². The summed E-state index contributed by atoms with van der Waals surface area (Å²) in [4.78, 5) is 7.01. The van der Waals surface area contributed by atoms with E-state index in [1.807, 2.05) is 5.43 Å². The Morgan fingerprint density at radius 1 is 1.33 bits per heavy atom. The van der Waals surface area contributed by atoms with E-state index in [1.165, 1.54) is 17.1 Å². The fourth-order valence-electron chi connectivity index (χ4n) is 1.19. The Labute approximate surface area is 107 Å². The van der Waals surface area contributed by atoms with Crippen molar-refractivity contribution in [2.75, 3.05) is 5.43 Å². The van der Waals surface area contributed by atoms with E-state index >= 15 is 0 Å². The molecule has 0 atom stereocenters. The highest BCUT2D eigenvalue weighted by Crippen LogP contribution is 2.29. The van der Waals surface area contributed by atoms with Gasteiger partial charge in [-0.15, -0.1) is 0 Å². The molecule has 0 amide bonds. The number of nitrogens with one attached hydrogen (secondary N) is 1. The Kier molecular flexibility index (Phi) is 3.22. The van der Waals surface area contributed by atoms with E-state index in [4.69, 9.17) is 5.84 Å². The highest BCUT2D eigenvalue weighted by atomic mass is 79.9. The second kappa shape index (κ2) is 4.53. The summed E-state index contributed by atoms with van der Waals surface area (Å²) in [5.41, 5.74) is 0.877. The minimum atomic E-state index is -4.59. The molecule has 0 aliphatic rings. The normalized spacial score (nSPS) is 11.6. The maximum Gasteiger partial charge on any atom is 0.433 e. The van der Waals surface area contributed by atoms with Crippen molar-refractivity contribution in [1.82, 2.24) is 19.7 Å². The molecule has 2 rings (SSSR count). The van der Waals surface area contributed by atoms with Crippen LogP contribution in [0.4, 0.5) is 19.1 Å². The minimum Gasteiger partial charge on any atom is -0.292 e. The maximum atomic E-state index is 12.6. The Hall–Kier alpha value is -1.68. The van der Waals surface area contributed by atoms with Crippen molar-refractivity contribution in [3.63, 3.8) is 0 Å². The summed E-state index contributed by atoms with van der Waals surface area (Å²) in [6.45, 7) is 0. The zero-order valence-corrected chi connectivity index (χ0v) is 10.2. The van der Waals surface area contributed by atoms with Crippen molar-refractivity contribution in [3.05, 3.63) is 28.6 Å². The summed E-state index contributed by atoms with van der Waals surface area (Å²) in [5, 5.41) is 3.83. The van der Waals surface area contributed by atoms with Crippen LogP contribution in [0.1, 0.15) is 5.69 Å². The summed E-state index contributed by atoms with van der Waals surface area (Å²) in [6.07, 6.45) is -1.71. The van der Waals surface area contributed by atoms with Crippen LogP contribution in [-0.2, 0) is 6.18 Å². The smallest absolute Gasteiger partial charge is 0.292 e. The number of hydrogen-bond acceptors (Lipinski definition) is 5. The zero-order chi connectivity index (χ0) is 13.3. The first-order valence-corrected chi connectivity index (χ1v) is 5.33. The first kappa shape index (κ1) is 12.8. The second-order valence-electron chi connectivity index (χ2n) is 3.18. The summed E-state index contributed by atoms with van der Waals surface area (Å²) < 4.78 is 39.6. The molecule has 0 spiro atoms. The van der Waals surface area contributed by atoms with Gasteiger partial charge in [-0.05, 0) is 15.9 Å². The number of nitrogens with zero attached hydrogens (tertiary/aromatic N) is 4. The van der Waals surface area contributed by atoms with Gasteiger partial charge in [0.2, 0.25) is 5.95 Å². The summed E-state index contributed by atoms with van der Waals surface area (Å²) in [6, 6.07) is 0.778. The monoisotopic (exact) mass is 322 g/mol. The molecule has 0 bridgehead atoms. The standard InChI is InChI=1S/C8H6BrF3N6/c9-4-2-14-18(3-4)6-1-5(8(10,11)12)15-7(16-6)17-13/h1-3H,13H2,(H,15,16,17). The van der Waals surface area contributed by atoms with Crippen molar-refractivity contribution in [1.29, 1.82) is 0 Å². The van der Waals surface area contributed by atoms with Gasteiger partial charge in [0.25, 0.3) is 0 Å². The molecule has 2 aromatic heterocycles. The molecular weight excluding hydrogens is 317 g/mol. The van der Waals surface area contributed by atoms with Crippen LogP contribution >= 0.6 is 15.9 Å². The molecule has 0 radical (unpaired) electrons. The van der Waals surface area contributed by atoms with Gasteiger partial charge in [-0.1, -0.05) is 0 Å². The highest BCUT2D eigenvalue weighted by molar-refractivity contribution is 9.10. The van der Waals surface area contributed by atoms with Crippen LogP contribution in [0.3, 0.4) is 0 Å². The SMILES string of the molecule is NNc1nc(-n2cc(Br)cn2)cc(C(F)(F)F)n1. The number of halogens is 4. The predicted molar refractivity (Wildman–Crippen MR) is 59.7 cm³/mol. The van der Waals surface area contributed by atoms with Crippen LogP contribution < -0.4 is 11.3 Å². The molecule has 0 aromatic carbocycles.